The van der Waals surface area contributed by atoms with Crippen LogP contribution in [-0.4, -0.2) is 28.6 Å². The van der Waals surface area contributed by atoms with E-state index in [-0.39, 0.29) is 24.2 Å². The van der Waals surface area contributed by atoms with Crippen LogP contribution in [0.4, 0.5) is 5.69 Å². The van der Waals surface area contributed by atoms with Crippen molar-refractivity contribution in [3.8, 4) is 5.75 Å². The topological polar surface area (TPSA) is 47.4 Å². The molecule has 1 saturated heterocycles. The predicted octanol–water partition coefficient (Wildman–Crippen LogP) is 3.35. The maximum atomic E-state index is 13.1. The Morgan fingerprint density at radius 3 is 2.56 bits per heavy atom. The van der Waals surface area contributed by atoms with Crippen LogP contribution >= 0.6 is 0 Å². The number of para-hydroxylation sites is 2. The van der Waals surface area contributed by atoms with Crippen molar-refractivity contribution in [2.45, 2.75) is 52.5 Å². The van der Waals surface area contributed by atoms with Crippen molar-refractivity contribution < 1.29 is 21.9 Å². The molecule has 2 heterocycles. The second-order valence-corrected chi connectivity index (χ2v) is 9.68. The van der Waals surface area contributed by atoms with Gasteiger partial charge in [-0.05, 0) is 75.1 Å². The van der Waals surface area contributed by atoms with Crippen LogP contribution in [0.25, 0.3) is 11.0 Å². The molecule has 3 aromatic carbocycles. The molecule has 0 spiro atoms. The molecular weight excluding hydrogens is 470 g/mol. The predicted molar refractivity (Wildman–Crippen MR) is 141 cm³/mol. The molecule has 5 rings (SSSR count). The number of unbranched alkanes of at least 4 members (excludes halogenated alkanes) is 1. The number of hydrogen-bond donors (Lipinski definition) is 0. The third-order valence-electron chi connectivity index (χ3n) is 6.85. The van der Waals surface area contributed by atoms with Gasteiger partial charge in [0.1, 0.15) is 11.6 Å². The molecule has 188 valence electrons. The van der Waals surface area contributed by atoms with E-state index in [2.05, 4.69) is 73.9 Å². The minimum atomic E-state index is 0. The summed E-state index contributed by atoms with van der Waals surface area (Å²) in [4.78, 5) is 20.0. The van der Waals surface area contributed by atoms with Crippen molar-refractivity contribution in [1.29, 1.82) is 0 Å². The average molecular weight is 503 g/mol. The first-order valence-electron chi connectivity index (χ1n) is 12.5. The number of aromatic nitrogens is 2. The first-order valence-corrected chi connectivity index (χ1v) is 12.5. The summed E-state index contributed by atoms with van der Waals surface area (Å²) >= 11 is 0. The zero-order chi connectivity index (χ0) is 24.4. The molecule has 5 nitrogen and oxygen atoms in total. The lowest BCUT2D eigenvalue weighted by Crippen LogP contribution is -3.00. The van der Waals surface area contributed by atoms with E-state index in [0.717, 1.165) is 53.2 Å². The molecular formula is C30H33ClN3O2-. The molecule has 1 aliphatic heterocycles. The molecule has 1 aliphatic rings. The fourth-order valence-electron chi connectivity index (χ4n) is 5.13. The number of imidazole rings is 1. The first-order chi connectivity index (χ1) is 17.0. The van der Waals surface area contributed by atoms with Gasteiger partial charge in [0.2, 0.25) is 5.91 Å². The van der Waals surface area contributed by atoms with Crippen LogP contribution in [0, 0.1) is 20.8 Å². The summed E-state index contributed by atoms with van der Waals surface area (Å²) in [6.45, 7) is 8.46. The summed E-state index contributed by atoms with van der Waals surface area (Å²) in [5, 5.41) is 0. The summed E-state index contributed by atoms with van der Waals surface area (Å²) in [7, 11) is 0. The normalized spacial score (nSPS) is 15.4. The smallest absolute Gasteiger partial charge is 0.227 e. The molecule has 0 N–H and O–H groups in total. The standard InChI is InChI=1S/C30H33N3O2.ClH/c1-21-9-8-10-25(18-21)35-16-7-6-15-32-28-12-5-4-11-26(28)31-30(32)24-19-29(34)33(20-24)27-14-13-22(2)17-23(27)3;/h4-5,8-14,17-18,24H,6-7,15-16,19-20H2,1-3H3;1H/p-1. The summed E-state index contributed by atoms with van der Waals surface area (Å²) in [6.07, 6.45) is 2.44. The molecule has 1 aromatic heterocycles. The lowest BCUT2D eigenvalue weighted by atomic mass is 10.1. The van der Waals surface area contributed by atoms with E-state index >= 15 is 0 Å². The quantitative estimate of drug-likeness (QED) is 0.347. The number of hydrogen-bond acceptors (Lipinski definition) is 3. The molecule has 0 aliphatic carbocycles. The number of benzene rings is 3. The molecule has 0 bridgehead atoms. The lowest BCUT2D eigenvalue weighted by Gasteiger charge is -2.20. The number of fused-ring (bicyclic) bond motifs is 1. The zero-order valence-corrected chi connectivity index (χ0v) is 22.0. The molecule has 1 unspecified atom stereocenters. The molecule has 6 heteroatoms. The van der Waals surface area contributed by atoms with E-state index < -0.39 is 0 Å². The van der Waals surface area contributed by atoms with Crippen molar-refractivity contribution in [1.82, 2.24) is 9.55 Å². The van der Waals surface area contributed by atoms with E-state index in [4.69, 9.17) is 9.72 Å². The number of halogens is 1. The summed E-state index contributed by atoms with van der Waals surface area (Å²) in [6, 6.07) is 22.8. The van der Waals surface area contributed by atoms with Gasteiger partial charge < -0.3 is 26.6 Å². The minimum Gasteiger partial charge on any atom is -1.00 e. The first kappa shape index (κ1) is 25.8. The maximum absolute atomic E-state index is 13.1. The number of amides is 1. The van der Waals surface area contributed by atoms with Gasteiger partial charge in [-0.25, -0.2) is 4.98 Å². The lowest BCUT2D eigenvalue weighted by molar-refractivity contribution is -0.117. The number of aryl methyl sites for hydroxylation is 4. The Bertz CT molecular complexity index is 1360. The van der Waals surface area contributed by atoms with E-state index in [9.17, 15) is 4.79 Å². The highest BCUT2D eigenvalue weighted by Gasteiger charge is 2.35. The molecule has 4 aromatic rings. The number of nitrogens with zero attached hydrogens (tertiary/aromatic N) is 3. The summed E-state index contributed by atoms with van der Waals surface area (Å²) in [5.41, 5.74) is 6.70. The Morgan fingerprint density at radius 1 is 0.944 bits per heavy atom. The SMILES string of the molecule is Cc1cccc(OCCCCn2c(C3CC(=O)N(c4ccc(C)cc4C)C3)nc3ccccc32)c1.[Cl-]. The van der Waals surface area contributed by atoms with Gasteiger partial charge in [-0.15, -0.1) is 0 Å². The van der Waals surface area contributed by atoms with Gasteiger partial charge in [0.25, 0.3) is 0 Å². The Morgan fingerprint density at radius 2 is 1.75 bits per heavy atom. The monoisotopic (exact) mass is 502 g/mol. The van der Waals surface area contributed by atoms with Gasteiger partial charge in [0.15, 0.2) is 0 Å². The van der Waals surface area contributed by atoms with Gasteiger partial charge in [-0.1, -0.05) is 42.0 Å². The second-order valence-electron chi connectivity index (χ2n) is 9.68. The van der Waals surface area contributed by atoms with Crippen molar-refractivity contribution in [3.63, 3.8) is 0 Å². The van der Waals surface area contributed by atoms with Crippen molar-refractivity contribution in [3.05, 3.63) is 89.2 Å². The van der Waals surface area contributed by atoms with Gasteiger partial charge in [0, 0.05) is 31.1 Å². The van der Waals surface area contributed by atoms with Gasteiger partial charge >= 0.3 is 0 Å². The number of anilines is 1. The maximum Gasteiger partial charge on any atom is 0.227 e. The van der Waals surface area contributed by atoms with Crippen LogP contribution in [0.2, 0.25) is 0 Å². The van der Waals surface area contributed by atoms with Gasteiger partial charge in [-0.2, -0.15) is 0 Å². The molecule has 36 heavy (non-hydrogen) atoms. The Balaban J connectivity index is 0.00000304. The molecule has 1 fully saturated rings. The van der Waals surface area contributed by atoms with E-state index in [1.54, 1.807) is 0 Å². The Hall–Kier alpha value is -3.31. The van der Waals surface area contributed by atoms with Crippen LogP contribution in [0.5, 0.6) is 5.75 Å². The van der Waals surface area contributed by atoms with Crippen molar-refractivity contribution >= 4 is 22.6 Å². The number of carbonyl (C=O) groups excluding carboxylic acids is 1. The largest absolute Gasteiger partial charge is 1.00 e. The van der Waals surface area contributed by atoms with Gasteiger partial charge in [0.05, 0.1) is 17.6 Å². The van der Waals surface area contributed by atoms with Crippen LogP contribution in [0.15, 0.2) is 66.7 Å². The van der Waals surface area contributed by atoms with Crippen LogP contribution < -0.4 is 22.0 Å². The van der Waals surface area contributed by atoms with E-state index in [1.807, 2.05) is 23.1 Å². The fourth-order valence-corrected chi connectivity index (χ4v) is 5.13. The van der Waals surface area contributed by atoms with Gasteiger partial charge in [-0.3, -0.25) is 4.79 Å². The van der Waals surface area contributed by atoms with Crippen molar-refractivity contribution in [2.24, 2.45) is 0 Å². The van der Waals surface area contributed by atoms with Crippen LogP contribution in [-0.2, 0) is 11.3 Å². The third kappa shape index (κ3) is 5.41. The number of rotatable bonds is 8. The highest BCUT2D eigenvalue weighted by atomic mass is 35.5. The second kappa shape index (κ2) is 11.2. The van der Waals surface area contributed by atoms with E-state index in [1.165, 1.54) is 11.1 Å². The number of carbonyl (C=O) groups is 1. The van der Waals surface area contributed by atoms with E-state index in [0.29, 0.717) is 19.6 Å². The molecule has 0 saturated carbocycles. The van der Waals surface area contributed by atoms with Crippen molar-refractivity contribution in [2.75, 3.05) is 18.1 Å². The minimum absolute atomic E-state index is 0. The molecule has 0 radical (unpaired) electrons. The Kier molecular flexibility index (Phi) is 8.00. The fraction of sp³-hybridized carbons (Fsp3) is 0.333. The average Bonchev–Trinajstić information content (AvgIpc) is 3.39. The zero-order valence-electron chi connectivity index (χ0n) is 21.2. The Labute approximate surface area is 219 Å². The molecule has 1 atom stereocenters. The molecule has 1 amide bonds. The number of ether oxygens (including phenoxy) is 1. The highest BCUT2D eigenvalue weighted by Crippen LogP contribution is 2.35. The van der Waals surface area contributed by atoms with Crippen LogP contribution in [0.1, 0.15) is 47.7 Å². The van der Waals surface area contributed by atoms with Crippen LogP contribution in [0.3, 0.4) is 0 Å². The third-order valence-corrected chi connectivity index (χ3v) is 6.85. The highest BCUT2D eigenvalue weighted by molar-refractivity contribution is 5.97. The summed E-state index contributed by atoms with van der Waals surface area (Å²) in [5.74, 6) is 2.20. The summed E-state index contributed by atoms with van der Waals surface area (Å²) < 4.78 is 8.27.